The quantitative estimate of drug-likeness (QED) is 0.844. The van der Waals surface area contributed by atoms with E-state index in [9.17, 15) is 9.50 Å². The van der Waals surface area contributed by atoms with E-state index in [1.165, 1.54) is 6.07 Å². The smallest absolute Gasteiger partial charge is 0.137 e. The zero-order valence-electron chi connectivity index (χ0n) is 10.6. The molecule has 1 rings (SSSR count). The molecule has 1 N–H and O–H groups in total. The lowest BCUT2D eigenvalue weighted by Gasteiger charge is -2.19. The van der Waals surface area contributed by atoms with Gasteiger partial charge in [0.1, 0.15) is 5.82 Å². The molecule has 0 spiro atoms. The second-order valence-electron chi connectivity index (χ2n) is 5.64. The monoisotopic (exact) mass is 302 g/mol. The predicted molar refractivity (Wildman–Crippen MR) is 72.4 cm³/mol. The molecular weight excluding hydrogens is 283 g/mol. The first-order valence-electron chi connectivity index (χ1n) is 5.92. The fraction of sp³-hybridized carbons (Fsp3) is 0.571. The van der Waals surface area contributed by atoms with Gasteiger partial charge in [0, 0.05) is 0 Å². The summed E-state index contributed by atoms with van der Waals surface area (Å²) in [6.07, 6.45) is 2.11. The van der Waals surface area contributed by atoms with Gasteiger partial charge in [0.15, 0.2) is 0 Å². The van der Waals surface area contributed by atoms with Gasteiger partial charge in [-0.3, -0.25) is 0 Å². The molecule has 0 saturated heterocycles. The SMILES string of the molecule is CC(C)(C)CCCC(O)c1ccc(Br)c(F)c1. The Labute approximate surface area is 111 Å². The van der Waals surface area contributed by atoms with Crippen molar-refractivity contribution in [2.45, 2.75) is 46.1 Å². The van der Waals surface area contributed by atoms with E-state index in [2.05, 4.69) is 36.7 Å². The number of halogens is 2. The van der Waals surface area contributed by atoms with Crippen molar-refractivity contribution >= 4 is 15.9 Å². The van der Waals surface area contributed by atoms with E-state index in [0.717, 1.165) is 12.8 Å². The highest BCUT2D eigenvalue weighted by Gasteiger charge is 2.13. The second kappa shape index (κ2) is 5.96. The predicted octanol–water partition coefficient (Wildman–Crippen LogP) is 4.84. The molecule has 3 heteroatoms. The maximum atomic E-state index is 13.3. The molecule has 0 aliphatic heterocycles. The molecule has 0 aliphatic rings. The lowest BCUT2D eigenvalue weighted by Crippen LogP contribution is -2.06. The Morgan fingerprint density at radius 2 is 2.00 bits per heavy atom. The summed E-state index contributed by atoms with van der Waals surface area (Å²) in [4.78, 5) is 0. The van der Waals surface area contributed by atoms with Gasteiger partial charge in [0.05, 0.1) is 10.6 Å². The Kier molecular flexibility index (Phi) is 5.14. The number of aliphatic hydroxyl groups excluding tert-OH is 1. The molecule has 17 heavy (non-hydrogen) atoms. The average molecular weight is 303 g/mol. The van der Waals surface area contributed by atoms with Crippen molar-refractivity contribution in [2.75, 3.05) is 0 Å². The summed E-state index contributed by atoms with van der Waals surface area (Å²) in [5.41, 5.74) is 0.935. The van der Waals surface area contributed by atoms with E-state index in [0.29, 0.717) is 16.5 Å². The maximum Gasteiger partial charge on any atom is 0.137 e. The van der Waals surface area contributed by atoms with Gasteiger partial charge in [-0.15, -0.1) is 0 Å². The van der Waals surface area contributed by atoms with Gasteiger partial charge in [-0.2, -0.15) is 0 Å². The molecule has 0 radical (unpaired) electrons. The number of hydrogen-bond acceptors (Lipinski definition) is 1. The zero-order valence-corrected chi connectivity index (χ0v) is 12.2. The van der Waals surface area contributed by atoms with Gasteiger partial charge in [-0.1, -0.05) is 33.3 Å². The third-order valence-electron chi connectivity index (χ3n) is 2.73. The Balaban J connectivity index is 2.52. The minimum absolute atomic E-state index is 0.282. The first-order chi connectivity index (χ1) is 7.79. The fourth-order valence-electron chi connectivity index (χ4n) is 1.71. The second-order valence-corrected chi connectivity index (χ2v) is 6.50. The number of hydrogen-bond donors (Lipinski definition) is 1. The van der Waals surface area contributed by atoms with Gasteiger partial charge in [-0.25, -0.2) is 4.39 Å². The number of aliphatic hydroxyl groups is 1. The van der Waals surface area contributed by atoms with Crippen LogP contribution in [0.1, 0.15) is 51.7 Å². The highest BCUT2D eigenvalue weighted by molar-refractivity contribution is 9.10. The minimum Gasteiger partial charge on any atom is -0.388 e. The van der Waals surface area contributed by atoms with Crippen LogP contribution < -0.4 is 0 Å². The van der Waals surface area contributed by atoms with Gasteiger partial charge >= 0.3 is 0 Å². The van der Waals surface area contributed by atoms with E-state index in [-0.39, 0.29) is 11.2 Å². The molecule has 0 amide bonds. The van der Waals surface area contributed by atoms with Crippen LogP contribution in [-0.4, -0.2) is 5.11 Å². The Hall–Kier alpha value is -0.410. The molecule has 1 atom stereocenters. The largest absolute Gasteiger partial charge is 0.388 e. The zero-order chi connectivity index (χ0) is 13.1. The molecule has 0 saturated carbocycles. The van der Waals surface area contributed by atoms with Crippen molar-refractivity contribution < 1.29 is 9.50 Å². The van der Waals surface area contributed by atoms with Gasteiger partial charge in [-0.05, 0) is 51.9 Å². The summed E-state index contributed by atoms with van der Waals surface area (Å²) in [7, 11) is 0. The van der Waals surface area contributed by atoms with E-state index in [4.69, 9.17) is 0 Å². The number of benzene rings is 1. The van der Waals surface area contributed by atoms with E-state index in [1.54, 1.807) is 12.1 Å². The topological polar surface area (TPSA) is 20.2 Å². The highest BCUT2D eigenvalue weighted by Crippen LogP contribution is 2.27. The standard InChI is InChI=1S/C14H20BrFO/c1-14(2,3)8-4-5-13(17)10-6-7-11(15)12(16)9-10/h6-7,9,13,17H,4-5,8H2,1-3H3. The molecule has 1 aromatic carbocycles. The third kappa shape index (κ3) is 5.17. The minimum atomic E-state index is -0.569. The molecule has 1 nitrogen and oxygen atoms in total. The summed E-state index contributed by atoms with van der Waals surface area (Å²) in [5.74, 6) is -0.322. The van der Waals surface area contributed by atoms with Crippen LogP contribution in [0.3, 0.4) is 0 Å². The number of rotatable bonds is 4. The summed E-state index contributed by atoms with van der Waals surface area (Å²) < 4.78 is 13.7. The van der Waals surface area contributed by atoms with Crippen molar-refractivity contribution in [3.63, 3.8) is 0 Å². The van der Waals surface area contributed by atoms with Gasteiger partial charge < -0.3 is 5.11 Å². The van der Waals surface area contributed by atoms with E-state index < -0.39 is 6.10 Å². The van der Waals surface area contributed by atoms with Crippen LogP contribution in [0, 0.1) is 11.2 Å². The van der Waals surface area contributed by atoms with Crippen LogP contribution in [0.25, 0.3) is 0 Å². The van der Waals surface area contributed by atoms with Crippen molar-refractivity contribution in [1.82, 2.24) is 0 Å². The normalized spacial score (nSPS) is 13.8. The van der Waals surface area contributed by atoms with Crippen LogP contribution in [0.5, 0.6) is 0 Å². The summed E-state index contributed by atoms with van der Waals surface area (Å²) >= 11 is 3.10. The average Bonchev–Trinajstić information content (AvgIpc) is 2.20. The summed E-state index contributed by atoms with van der Waals surface area (Å²) in [6.45, 7) is 6.54. The van der Waals surface area contributed by atoms with Crippen LogP contribution in [-0.2, 0) is 0 Å². The van der Waals surface area contributed by atoms with Gasteiger partial charge in [0.25, 0.3) is 0 Å². The molecular formula is C14H20BrFO. The van der Waals surface area contributed by atoms with Crippen molar-refractivity contribution in [3.05, 3.63) is 34.1 Å². The first kappa shape index (κ1) is 14.7. The van der Waals surface area contributed by atoms with Crippen LogP contribution >= 0.6 is 15.9 Å². The molecule has 0 bridgehead atoms. The molecule has 0 fully saturated rings. The molecule has 0 aromatic heterocycles. The lowest BCUT2D eigenvalue weighted by atomic mass is 9.88. The summed E-state index contributed by atoms with van der Waals surface area (Å²) in [6, 6.07) is 4.79. The first-order valence-corrected chi connectivity index (χ1v) is 6.72. The molecule has 1 unspecified atom stereocenters. The van der Waals surface area contributed by atoms with Crippen molar-refractivity contribution in [3.8, 4) is 0 Å². The van der Waals surface area contributed by atoms with Crippen molar-refractivity contribution in [1.29, 1.82) is 0 Å². The van der Waals surface area contributed by atoms with Gasteiger partial charge in [0.2, 0.25) is 0 Å². The van der Waals surface area contributed by atoms with Crippen LogP contribution in [0.15, 0.2) is 22.7 Å². The lowest BCUT2D eigenvalue weighted by molar-refractivity contribution is 0.157. The summed E-state index contributed by atoms with van der Waals surface area (Å²) in [5, 5.41) is 9.95. The Bertz CT molecular complexity index is 371. The molecule has 0 aliphatic carbocycles. The fourth-order valence-corrected chi connectivity index (χ4v) is 1.96. The van der Waals surface area contributed by atoms with Crippen molar-refractivity contribution in [2.24, 2.45) is 5.41 Å². The molecule has 0 heterocycles. The van der Waals surface area contributed by atoms with Crippen LogP contribution in [0.2, 0.25) is 0 Å². The maximum absolute atomic E-state index is 13.3. The molecule has 1 aromatic rings. The third-order valence-corrected chi connectivity index (χ3v) is 3.38. The highest BCUT2D eigenvalue weighted by atomic mass is 79.9. The Morgan fingerprint density at radius 1 is 1.35 bits per heavy atom. The molecule has 96 valence electrons. The van der Waals surface area contributed by atoms with E-state index >= 15 is 0 Å². The van der Waals surface area contributed by atoms with Crippen LogP contribution in [0.4, 0.5) is 4.39 Å². The Morgan fingerprint density at radius 3 is 2.53 bits per heavy atom. The van der Waals surface area contributed by atoms with E-state index in [1.807, 2.05) is 0 Å².